The second-order valence-electron chi connectivity index (χ2n) is 3.78. The van der Waals surface area contributed by atoms with E-state index in [-0.39, 0.29) is 0 Å². The molecule has 0 atom stereocenters. The van der Waals surface area contributed by atoms with Gasteiger partial charge in [-0.3, -0.25) is 9.59 Å². The van der Waals surface area contributed by atoms with Crippen molar-refractivity contribution in [1.82, 2.24) is 9.55 Å². The van der Waals surface area contributed by atoms with Crippen LogP contribution in [0, 0.1) is 5.41 Å². The van der Waals surface area contributed by atoms with Crippen molar-refractivity contribution in [3.8, 4) is 0 Å². The maximum absolute atomic E-state index is 10.8. The summed E-state index contributed by atoms with van der Waals surface area (Å²) in [6, 6.07) is 0. The Labute approximate surface area is 81.4 Å². The molecular weight excluding hydrogens is 184 g/mol. The van der Waals surface area contributed by atoms with Gasteiger partial charge < -0.3 is 9.67 Å². The summed E-state index contributed by atoms with van der Waals surface area (Å²) in [6.07, 6.45) is 3.61. The predicted octanol–water partition coefficient (Wildman–Crippen LogP) is 0.806. The lowest BCUT2D eigenvalue weighted by molar-refractivity contribution is -0.147. The molecule has 0 bridgehead atoms. The van der Waals surface area contributed by atoms with Crippen LogP contribution in [0.5, 0.6) is 0 Å². The minimum atomic E-state index is -0.876. The van der Waals surface area contributed by atoms with Crippen LogP contribution in [0.15, 0.2) is 12.5 Å². The standard InChI is InChI=1S/C9H12N2O3/c1-9(2,8(13)14)5-11-3-7(4-12)10-6-11/h3-4,6H,5H2,1-2H3,(H,13,14). The zero-order valence-corrected chi connectivity index (χ0v) is 8.10. The normalized spacial score (nSPS) is 11.3. The number of hydrogen-bond donors (Lipinski definition) is 1. The minimum Gasteiger partial charge on any atom is -0.481 e. The largest absolute Gasteiger partial charge is 0.481 e. The van der Waals surface area contributed by atoms with Crippen LogP contribution < -0.4 is 0 Å². The van der Waals surface area contributed by atoms with Crippen molar-refractivity contribution >= 4 is 12.3 Å². The highest BCUT2D eigenvalue weighted by Crippen LogP contribution is 2.18. The Kier molecular flexibility index (Phi) is 2.69. The third-order valence-corrected chi connectivity index (χ3v) is 1.93. The zero-order valence-electron chi connectivity index (χ0n) is 8.10. The Morgan fingerprint density at radius 2 is 2.36 bits per heavy atom. The Bertz CT molecular complexity index is 355. The van der Waals surface area contributed by atoms with Crippen LogP contribution in [-0.4, -0.2) is 26.9 Å². The lowest BCUT2D eigenvalue weighted by atomic mass is 9.94. The first-order valence-electron chi connectivity index (χ1n) is 4.16. The van der Waals surface area contributed by atoms with Crippen LogP contribution >= 0.6 is 0 Å². The van der Waals surface area contributed by atoms with Crippen molar-refractivity contribution in [2.24, 2.45) is 5.41 Å². The fourth-order valence-electron chi connectivity index (χ4n) is 1.05. The van der Waals surface area contributed by atoms with Crippen LogP contribution in [0.4, 0.5) is 0 Å². The average Bonchev–Trinajstić information content (AvgIpc) is 2.51. The molecule has 0 fully saturated rings. The van der Waals surface area contributed by atoms with Crippen LogP contribution in [0.2, 0.25) is 0 Å². The van der Waals surface area contributed by atoms with Gasteiger partial charge in [-0.2, -0.15) is 0 Å². The molecule has 0 saturated heterocycles. The summed E-state index contributed by atoms with van der Waals surface area (Å²) in [7, 11) is 0. The molecule has 1 heterocycles. The number of carbonyl (C=O) groups excluding carboxylic acids is 1. The molecule has 5 heteroatoms. The van der Waals surface area contributed by atoms with Crippen molar-refractivity contribution in [2.75, 3.05) is 0 Å². The number of carboxylic acid groups (broad SMARTS) is 1. The molecule has 76 valence electrons. The lowest BCUT2D eigenvalue weighted by Gasteiger charge is -2.18. The number of imidazole rings is 1. The molecule has 1 N–H and O–H groups in total. The van der Waals surface area contributed by atoms with E-state index in [9.17, 15) is 9.59 Å². The molecule has 0 aliphatic heterocycles. The Morgan fingerprint density at radius 3 is 2.79 bits per heavy atom. The van der Waals surface area contributed by atoms with Crippen LogP contribution in [-0.2, 0) is 11.3 Å². The number of carboxylic acids is 1. The van der Waals surface area contributed by atoms with Gasteiger partial charge in [-0.05, 0) is 13.8 Å². The van der Waals surface area contributed by atoms with Gasteiger partial charge in [-0.15, -0.1) is 0 Å². The summed E-state index contributed by atoms with van der Waals surface area (Å²) in [4.78, 5) is 24.9. The summed E-state index contributed by atoms with van der Waals surface area (Å²) in [5.74, 6) is -0.876. The Morgan fingerprint density at radius 1 is 1.71 bits per heavy atom. The molecule has 0 saturated carbocycles. The average molecular weight is 196 g/mol. The summed E-state index contributed by atoms with van der Waals surface area (Å²) in [6.45, 7) is 3.54. The molecule has 5 nitrogen and oxygen atoms in total. The minimum absolute atomic E-state index is 0.295. The molecule has 14 heavy (non-hydrogen) atoms. The van der Waals surface area contributed by atoms with Crippen LogP contribution in [0.25, 0.3) is 0 Å². The van der Waals surface area contributed by atoms with E-state index in [2.05, 4.69) is 4.98 Å². The second-order valence-corrected chi connectivity index (χ2v) is 3.78. The van der Waals surface area contributed by atoms with Crippen molar-refractivity contribution in [2.45, 2.75) is 20.4 Å². The zero-order chi connectivity index (χ0) is 10.8. The molecule has 0 unspecified atom stereocenters. The highest BCUT2D eigenvalue weighted by atomic mass is 16.4. The van der Waals surface area contributed by atoms with Crippen molar-refractivity contribution in [3.05, 3.63) is 18.2 Å². The van der Waals surface area contributed by atoms with Gasteiger partial charge in [0.25, 0.3) is 0 Å². The summed E-state index contributed by atoms with van der Waals surface area (Å²) in [5, 5.41) is 8.86. The molecule has 0 aliphatic rings. The fourth-order valence-corrected chi connectivity index (χ4v) is 1.05. The molecule has 0 spiro atoms. The Hall–Kier alpha value is -1.65. The smallest absolute Gasteiger partial charge is 0.310 e. The first-order valence-corrected chi connectivity index (χ1v) is 4.16. The first-order chi connectivity index (χ1) is 6.45. The Balaban J connectivity index is 2.78. The molecule has 0 radical (unpaired) electrons. The molecule has 0 aromatic carbocycles. The molecular formula is C9H12N2O3. The van der Waals surface area contributed by atoms with E-state index in [1.54, 1.807) is 18.4 Å². The van der Waals surface area contributed by atoms with Crippen molar-refractivity contribution in [3.63, 3.8) is 0 Å². The third-order valence-electron chi connectivity index (χ3n) is 1.93. The van der Waals surface area contributed by atoms with E-state index in [0.29, 0.717) is 18.5 Å². The number of rotatable bonds is 4. The number of aldehydes is 1. The first kappa shape index (κ1) is 10.4. The quantitative estimate of drug-likeness (QED) is 0.723. The van der Waals surface area contributed by atoms with Gasteiger partial charge in [0.1, 0.15) is 5.69 Å². The maximum Gasteiger partial charge on any atom is 0.310 e. The van der Waals surface area contributed by atoms with E-state index in [1.165, 1.54) is 12.5 Å². The topological polar surface area (TPSA) is 72.2 Å². The number of nitrogens with zero attached hydrogens (tertiary/aromatic N) is 2. The van der Waals surface area contributed by atoms with E-state index < -0.39 is 11.4 Å². The lowest BCUT2D eigenvalue weighted by Crippen LogP contribution is -2.28. The molecule has 1 rings (SSSR count). The number of hydrogen-bond acceptors (Lipinski definition) is 3. The van der Waals surface area contributed by atoms with E-state index in [4.69, 9.17) is 5.11 Å². The summed E-state index contributed by atoms with van der Waals surface area (Å²) >= 11 is 0. The van der Waals surface area contributed by atoms with Crippen LogP contribution in [0.3, 0.4) is 0 Å². The molecule has 0 aliphatic carbocycles. The summed E-state index contributed by atoms with van der Waals surface area (Å²) < 4.78 is 1.60. The van der Waals surface area contributed by atoms with Crippen molar-refractivity contribution < 1.29 is 14.7 Å². The van der Waals surface area contributed by atoms with E-state index in [1.807, 2.05) is 0 Å². The predicted molar refractivity (Wildman–Crippen MR) is 49.0 cm³/mol. The number of aliphatic carboxylic acids is 1. The fraction of sp³-hybridized carbons (Fsp3) is 0.444. The van der Waals surface area contributed by atoms with Gasteiger partial charge in [0.15, 0.2) is 6.29 Å². The van der Waals surface area contributed by atoms with Gasteiger partial charge in [-0.25, -0.2) is 4.98 Å². The van der Waals surface area contributed by atoms with E-state index >= 15 is 0 Å². The third kappa shape index (κ3) is 2.18. The summed E-state index contributed by atoms with van der Waals surface area (Å²) in [5.41, 5.74) is -0.549. The van der Waals surface area contributed by atoms with Gasteiger partial charge in [0, 0.05) is 12.7 Å². The molecule has 0 amide bonds. The van der Waals surface area contributed by atoms with Gasteiger partial charge in [-0.1, -0.05) is 0 Å². The molecule has 1 aromatic heterocycles. The second kappa shape index (κ2) is 3.61. The maximum atomic E-state index is 10.8. The van der Waals surface area contributed by atoms with Gasteiger partial charge in [0.2, 0.25) is 0 Å². The van der Waals surface area contributed by atoms with Crippen LogP contribution in [0.1, 0.15) is 24.3 Å². The van der Waals surface area contributed by atoms with Crippen molar-refractivity contribution in [1.29, 1.82) is 0 Å². The van der Waals surface area contributed by atoms with Gasteiger partial charge >= 0.3 is 5.97 Å². The highest BCUT2D eigenvalue weighted by Gasteiger charge is 2.27. The number of aromatic nitrogens is 2. The SMILES string of the molecule is CC(C)(Cn1cnc(C=O)c1)C(=O)O. The van der Waals surface area contributed by atoms with Gasteiger partial charge in [0.05, 0.1) is 11.7 Å². The number of carbonyl (C=O) groups is 2. The highest BCUT2D eigenvalue weighted by molar-refractivity contribution is 5.73. The monoisotopic (exact) mass is 196 g/mol. The van der Waals surface area contributed by atoms with E-state index in [0.717, 1.165) is 0 Å². The molecule has 1 aromatic rings.